The Morgan fingerprint density at radius 1 is 1.30 bits per heavy atom. The first-order valence-electron chi connectivity index (χ1n) is 5.66. The first-order valence-corrected chi connectivity index (χ1v) is 5.66. The van der Waals surface area contributed by atoms with E-state index in [9.17, 15) is 9.59 Å². The summed E-state index contributed by atoms with van der Waals surface area (Å²) in [6.45, 7) is 0. The highest BCUT2D eigenvalue weighted by atomic mass is 16.7. The van der Waals surface area contributed by atoms with Crippen molar-refractivity contribution in [3.8, 4) is 0 Å². The van der Waals surface area contributed by atoms with Gasteiger partial charge in [-0.2, -0.15) is 0 Å². The number of esters is 2. The predicted molar refractivity (Wildman–Crippen MR) is 67.2 cm³/mol. The lowest BCUT2D eigenvalue weighted by atomic mass is 9.95. The zero-order valence-corrected chi connectivity index (χ0v) is 11.0. The monoisotopic (exact) mass is 281 g/mol. The van der Waals surface area contributed by atoms with Crippen LogP contribution < -0.4 is 17.2 Å². The Morgan fingerprint density at radius 2 is 1.95 bits per heavy atom. The molecule has 6 N–H and O–H groups in total. The second kappa shape index (κ2) is 4.84. The van der Waals surface area contributed by atoms with Crippen LogP contribution >= 0.6 is 0 Å². The number of hydrogen-bond acceptors (Lipinski definition) is 8. The van der Waals surface area contributed by atoms with Gasteiger partial charge in [0.2, 0.25) is 6.29 Å². The normalized spacial score (nSPS) is 17.6. The number of nitrogens with two attached hydrogens (primary N) is 3. The Balaban J connectivity index is 2.68. The molecular formula is C12H15N3O5. The summed E-state index contributed by atoms with van der Waals surface area (Å²) in [4.78, 5) is 23.5. The summed E-state index contributed by atoms with van der Waals surface area (Å²) in [5.74, 6) is -3.08. The smallest absolute Gasteiger partial charge is 0.341 e. The van der Waals surface area contributed by atoms with Crippen molar-refractivity contribution in [1.82, 2.24) is 0 Å². The van der Waals surface area contributed by atoms with Crippen LogP contribution in [0.25, 0.3) is 0 Å². The molecule has 0 fully saturated rings. The number of rotatable bonds is 3. The van der Waals surface area contributed by atoms with Crippen molar-refractivity contribution >= 4 is 11.9 Å². The van der Waals surface area contributed by atoms with E-state index in [1.54, 1.807) is 0 Å². The number of ether oxygens (including phenoxy) is 3. The fraction of sp³-hybridized carbons (Fsp3) is 0.333. The van der Waals surface area contributed by atoms with Crippen LogP contribution in [0, 0.1) is 0 Å². The van der Waals surface area contributed by atoms with E-state index in [1.165, 1.54) is 26.4 Å². The van der Waals surface area contributed by atoms with Gasteiger partial charge in [-0.05, 0) is 12.1 Å². The standard InChI is InChI=1S/C12H15N3O5/c1-18-9(16)7-3-6-5(4-8(7)12(13,14)15)10(17)20-11(6)19-2/h3-4,11H,13-15H2,1-2H3. The molecule has 108 valence electrons. The van der Waals surface area contributed by atoms with Gasteiger partial charge >= 0.3 is 11.9 Å². The molecule has 8 nitrogen and oxygen atoms in total. The van der Waals surface area contributed by atoms with Crippen LogP contribution in [0.1, 0.15) is 38.1 Å². The van der Waals surface area contributed by atoms with Gasteiger partial charge in [-0.15, -0.1) is 0 Å². The van der Waals surface area contributed by atoms with Crippen LogP contribution in [-0.2, 0) is 20.0 Å². The lowest BCUT2D eigenvalue weighted by Gasteiger charge is -2.22. The maximum Gasteiger partial charge on any atom is 0.341 e. The molecule has 0 saturated heterocycles. The Morgan fingerprint density at radius 3 is 2.45 bits per heavy atom. The molecule has 0 amide bonds. The molecule has 0 radical (unpaired) electrons. The van der Waals surface area contributed by atoms with Crippen LogP contribution in [0.5, 0.6) is 0 Å². The van der Waals surface area contributed by atoms with Gasteiger partial charge in [-0.3, -0.25) is 17.2 Å². The molecule has 1 aliphatic heterocycles. The fourth-order valence-electron chi connectivity index (χ4n) is 2.02. The second-order valence-corrected chi connectivity index (χ2v) is 4.38. The van der Waals surface area contributed by atoms with Crippen molar-refractivity contribution in [2.24, 2.45) is 17.2 Å². The van der Waals surface area contributed by atoms with E-state index in [1.807, 2.05) is 0 Å². The highest BCUT2D eigenvalue weighted by Gasteiger charge is 2.36. The van der Waals surface area contributed by atoms with Crippen LogP contribution in [0.2, 0.25) is 0 Å². The number of hydrogen-bond donors (Lipinski definition) is 3. The van der Waals surface area contributed by atoms with Gasteiger partial charge in [0.1, 0.15) is 5.79 Å². The largest absolute Gasteiger partial charge is 0.465 e. The topological polar surface area (TPSA) is 140 Å². The Kier molecular flexibility index (Phi) is 3.48. The molecule has 1 heterocycles. The average Bonchev–Trinajstić information content (AvgIpc) is 2.71. The van der Waals surface area contributed by atoms with Crippen molar-refractivity contribution in [1.29, 1.82) is 0 Å². The highest BCUT2D eigenvalue weighted by molar-refractivity contribution is 5.98. The van der Waals surface area contributed by atoms with E-state index >= 15 is 0 Å². The van der Waals surface area contributed by atoms with Gasteiger partial charge in [-0.25, -0.2) is 9.59 Å². The van der Waals surface area contributed by atoms with E-state index in [4.69, 9.17) is 26.7 Å². The third-order valence-electron chi connectivity index (χ3n) is 2.96. The molecule has 20 heavy (non-hydrogen) atoms. The van der Waals surface area contributed by atoms with Crippen molar-refractivity contribution < 1.29 is 23.8 Å². The summed E-state index contributed by atoms with van der Waals surface area (Å²) >= 11 is 0. The fourth-order valence-corrected chi connectivity index (χ4v) is 2.02. The summed E-state index contributed by atoms with van der Waals surface area (Å²) in [6.07, 6.45) is -0.891. The minimum atomic E-state index is -1.80. The number of carbonyl (C=O) groups excluding carboxylic acids is 2. The Hall–Kier alpha value is -2.00. The van der Waals surface area contributed by atoms with Gasteiger partial charge in [0.05, 0.1) is 18.2 Å². The van der Waals surface area contributed by atoms with Gasteiger partial charge in [0.15, 0.2) is 0 Å². The van der Waals surface area contributed by atoms with Crippen molar-refractivity contribution in [2.75, 3.05) is 14.2 Å². The lowest BCUT2D eigenvalue weighted by molar-refractivity contribution is -0.0816. The molecule has 1 atom stereocenters. The molecule has 0 spiro atoms. The van der Waals surface area contributed by atoms with E-state index < -0.39 is 24.0 Å². The predicted octanol–water partition coefficient (Wildman–Crippen LogP) is -0.725. The summed E-state index contributed by atoms with van der Waals surface area (Å²) in [6, 6.07) is 2.71. The second-order valence-electron chi connectivity index (χ2n) is 4.38. The van der Waals surface area contributed by atoms with E-state index in [0.29, 0.717) is 5.56 Å². The van der Waals surface area contributed by atoms with Gasteiger partial charge in [0.25, 0.3) is 0 Å². The molecule has 0 aromatic heterocycles. The molecule has 2 rings (SSSR count). The molecule has 1 aliphatic rings. The van der Waals surface area contributed by atoms with E-state index in [2.05, 4.69) is 4.74 Å². The van der Waals surface area contributed by atoms with Crippen LogP contribution in [-0.4, -0.2) is 26.2 Å². The molecule has 0 bridgehead atoms. The average molecular weight is 281 g/mol. The van der Waals surface area contributed by atoms with Crippen LogP contribution in [0.4, 0.5) is 0 Å². The molecule has 1 aromatic rings. The molecule has 1 aromatic carbocycles. The molecule has 1 unspecified atom stereocenters. The lowest BCUT2D eigenvalue weighted by Crippen LogP contribution is -2.55. The Labute approximate surface area is 114 Å². The number of methoxy groups -OCH3 is 2. The van der Waals surface area contributed by atoms with Crippen molar-refractivity contribution in [3.63, 3.8) is 0 Å². The first kappa shape index (κ1) is 14.4. The maximum atomic E-state index is 11.8. The van der Waals surface area contributed by atoms with Gasteiger partial charge in [0, 0.05) is 18.2 Å². The Bertz CT molecular complexity index is 579. The minimum absolute atomic E-state index is 0.0547. The molecule has 0 saturated carbocycles. The van der Waals surface area contributed by atoms with Gasteiger partial charge in [-0.1, -0.05) is 0 Å². The summed E-state index contributed by atoms with van der Waals surface area (Å²) in [7, 11) is 2.58. The summed E-state index contributed by atoms with van der Waals surface area (Å²) < 4.78 is 14.6. The first-order chi connectivity index (χ1) is 9.29. The van der Waals surface area contributed by atoms with Crippen LogP contribution in [0.3, 0.4) is 0 Å². The summed E-state index contributed by atoms with van der Waals surface area (Å²) in [5.41, 5.74) is 17.6. The maximum absolute atomic E-state index is 11.8. The number of fused-ring (bicyclic) bond motifs is 1. The van der Waals surface area contributed by atoms with Crippen molar-refractivity contribution in [3.05, 3.63) is 34.4 Å². The molecule has 0 aliphatic carbocycles. The van der Waals surface area contributed by atoms with Crippen molar-refractivity contribution in [2.45, 2.75) is 12.1 Å². The minimum Gasteiger partial charge on any atom is -0.465 e. The quantitative estimate of drug-likeness (QED) is 0.487. The highest BCUT2D eigenvalue weighted by Crippen LogP contribution is 2.34. The van der Waals surface area contributed by atoms with Crippen LogP contribution in [0.15, 0.2) is 12.1 Å². The number of cyclic esters (lactones) is 1. The zero-order chi connectivity index (χ0) is 15.1. The molecular weight excluding hydrogens is 266 g/mol. The van der Waals surface area contributed by atoms with E-state index in [-0.39, 0.29) is 16.7 Å². The zero-order valence-electron chi connectivity index (χ0n) is 11.0. The number of benzene rings is 1. The van der Waals surface area contributed by atoms with E-state index in [0.717, 1.165) is 0 Å². The number of carbonyl (C=O) groups is 2. The third kappa shape index (κ3) is 2.25. The molecule has 8 heteroatoms. The summed E-state index contributed by atoms with van der Waals surface area (Å²) in [5, 5.41) is 0. The van der Waals surface area contributed by atoms with Gasteiger partial charge < -0.3 is 14.2 Å². The third-order valence-corrected chi connectivity index (χ3v) is 2.96. The SMILES string of the molecule is COC(=O)c1cc2c(cc1C(N)(N)N)C(=O)OC2OC.